The summed E-state index contributed by atoms with van der Waals surface area (Å²) in [6, 6.07) is 8.14. The van der Waals surface area contributed by atoms with Crippen molar-refractivity contribution in [3.05, 3.63) is 59.4 Å². The van der Waals surface area contributed by atoms with Gasteiger partial charge in [0, 0.05) is 17.3 Å². The third-order valence-electron chi connectivity index (χ3n) is 4.84. The Morgan fingerprint density at radius 1 is 1.23 bits per heavy atom. The minimum absolute atomic E-state index is 0.228. The zero-order valence-corrected chi connectivity index (χ0v) is 16.7. The molecule has 2 aromatic rings. The van der Waals surface area contributed by atoms with E-state index in [0.29, 0.717) is 11.3 Å². The Morgan fingerprint density at radius 2 is 2.00 bits per heavy atom. The fourth-order valence-corrected chi connectivity index (χ4v) is 3.31. The average molecular weight is 417 g/mol. The Bertz CT molecular complexity index is 933. The number of aliphatic hydroxyl groups excluding tert-OH is 3. The van der Waals surface area contributed by atoms with Crippen molar-refractivity contribution in [1.29, 1.82) is 0 Å². The first-order valence-electron chi connectivity index (χ1n) is 9.72. The van der Waals surface area contributed by atoms with E-state index < -0.39 is 43.0 Å². The maximum Gasteiger partial charge on any atom is 0.338 e. The van der Waals surface area contributed by atoms with Gasteiger partial charge in [-0.3, -0.25) is 4.79 Å². The number of carbonyl (C=O) groups excluding carboxylic acids is 2. The minimum Gasteiger partial charge on any atom is -0.457 e. The van der Waals surface area contributed by atoms with E-state index in [4.69, 9.17) is 9.47 Å². The smallest absolute Gasteiger partial charge is 0.338 e. The molecule has 4 rings (SSSR count). The second-order valence-electron chi connectivity index (χ2n) is 6.67. The van der Waals surface area contributed by atoms with Gasteiger partial charge < -0.3 is 30.1 Å². The minimum atomic E-state index is -1.25. The van der Waals surface area contributed by atoms with Gasteiger partial charge in [0.15, 0.2) is 18.5 Å². The van der Waals surface area contributed by atoms with Crippen molar-refractivity contribution in [3.63, 3.8) is 0 Å². The fraction of sp³-hybridized carbons (Fsp3) is 0.381. The Labute approximate surface area is 173 Å². The van der Waals surface area contributed by atoms with Crippen LogP contribution in [0.5, 0.6) is 0 Å². The van der Waals surface area contributed by atoms with Crippen LogP contribution in [0.1, 0.15) is 46.4 Å². The van der Waals surface area contributed by atoms with Crippen molar-refractivity contribution >= 4 is 17.6 Å². The topological polar surface area (TPSA) is 129 Å². The van der Waals surface area contributed by atoms with Crippen molar-refractivity contribution in [2.75, 3.05) is 11.9 Å². The first-order chi connectivity index (χ1) is 14.5. The Kier molecular flexibility index (Phi) is 6.78. The summed E-state index contributed by atoms with van der Waals surface area (Å²) < 4.78 is 11.9. The third kappa shape index (κ3) is 4.19. The number of rotatable bonds is 4. The van der Waals surface area contributed by atoms with Crippen LogP contribution in [0.25, 0.3) is 0 Å². The average Bonchev–Trinajstić information content (AvgIpc) is 3.29. The molecule has 9 nitrogen and oxygen atoms in total. The fourth-order valence-electron chi connectivity index (χ4n) is 3.31. The van der Waals surface area contributed by atoms with E-state index in [9.17, 15) is 24.9 Å². The lowest BCUT2D eigenvalue weighted by atomic mass is 10.1. The van der Waals surface area contributed by atoms with Crippen LogP contribution in [0.2, 0.25) is 0 Å². The molecule has 160 valence electrons. The number of cyclic esters (lactones) is 1. The number of nitrogens with one attached hydrogen (secondary N) is 1. The van der Waals surface area contributed by atoms with Crippen LogP contribution in [0.15, 0.2) is 42.7 Å². The van der Waals surface area contributed by atoms with Crippen molar-refractivity contribution < 1.29 is 38.9 Å². The number of aliphatic hydroxyl groups is 3. The lowest BCUT2D eigenvalue weighted by Gasteiger charge is -2.11. The molecule has 0 saturated carbocycles. The van der Waals surface area contributed by atoms with Gasteiger partial charge >= 0.3 is 5.97 Å². The molecule has 2 unspecified atom stereocenters. The number of aromatic nitrogens is 1. The summed E-state index contributed by atoms with van der Waals surface area (Å²) in [5.74, 6) is -0.847. The maximum atomic E-state index is 12.6. The van der Waals surface area contributed by atoms with Crippen LogP contribution in [0.4, 0.5) is 5.69 Å². The molecule has 3 heterocycles. The molecule has 30 heavy (non-hydrogen) atoms. The molecular formula is C21H25N2O7+. The molecule has 2 aliphatic rings. The van der Waals surface area contributed by atoms with Crippen LogP contribution in [-0.2, 0) is 16.1 Å². The third-order valence-corrected chi connectivity index (χ3v) is 4.84. The van der Waals surface area contributed by atoms with Crippen molar-refractivity contribution in [1.82, 2.24) is 0 Å². The molecule has 9 heteroatoms. The highest BCUT2D eigenvalue weighted by molar-refractivity contribution is 6.04. The molecule has 1 aromatic carbocycles. The van der Waals surface area contributed by atoms with Gasteiger partial charge in [-0.15, -0.1) is 0 Å². The van der Waals surface area contributed by atoms with E-state index in [2.05, 4.69) is 5.32 Å². The van der Waals surface area contributed by atoms with Crippen LogP contribution in [0.3, 0.4) is 0 Å². The Hall–Kier alpha value is -2.85. The van der Waals surface area contributed by atoms with Gasteiger partial charge in [-0.2, -0.15) is 4.57 Å². The molecule has 2 aliphatic heterocycles. The van der Waals surface area contributed by atoms with Crippen molar-refractivity contribution in [2.24, 2.45) is 0 Å². The summed E-state index contributed by atoms with van der Waals surface area (Å²) in [5.41, 5.74) is 1.92. The van der Waals surface area contributed by atoms with E-state index in [0.717, 1.165) is 5.56 Å². The molecule has 0 spiro atoms. The predicted octanol–water partition coefficient (Wildman–Crippen LogP) is 0.534. The number of pyridine rings is 1. The summed E-state index contributed by atoms with van der Waals surface area (Å²) in [6.07, 6.45) is -1.26. The van der Waals surface area contributed by atoms with Gasteiger partial charge in [0.25, 0.3) is 12.1 Å². The summed E-state index contributed by atoms with van der Waals surface area (Å²) >= 11 is 0. The number of nitrogens with zero attached hydrogens (tertiary/aromatic N) is 1. The van der Waals surface area contributed by atoms with Crippen LogP contribution < -0.4 is 9.88 Å². The van der Waals surface area contributed by atoms with E-state index in [-0.39, 0.29) is 12.2 Å². The number of anilines is 1. The van der Waals surface area contributed by atoms with E-state index in [1.165, 1.54) is 10.8 Å². The summed E-state index contributed by atoms with van der Waals surface area (Å²) in [5, 5.41) is 32.0. The lowest BCUT2D eigenvalue weighted by Crippen LogP contribution is -2.46. The number of hydrogen-bond donors (Lipinski definition) is 4. The first-order valence-corrected chi connectivity index (χ1v) is 9.72. The van der Waals surface area contributed by atoms with Crippen LogP contribution >= 0.6 is 0 Å². The van der Waals surface area contributed by atoms with Crippen molar-refractivity contribution in [2.45, 2.75) is 45.0 Å². The number of hydrogen-bond acceptors (Lipinski definition) is 7. The van der Waals surface area contributed by atoms with Crippen molar-refractivity contribution in [3.8, 4) is 0 Å². The highest BCUT2D eigenvalue weighted by atomic mass is 16.6. The molecule has 0 radical (unpaired) electrons. The molecular weight excluding hydrogens is 392 g/mol. The largest absolute Gasteiger partial charge is 0.457 e. The Balaban J connectivity index is 0.00000124. The van der Waals surface area contributed by atoms with E-state index in [1.807, 2.05) is 13.8 Å². The van der Waals surface area contributed by atoms with Gasteiger partial charge in [-0.1, -0.05) is 19.9 Å². The van der Waals surface area contributed by atoms with Gasteiger partial charge in [0.05, 0.1) is 12.2 Å². The molecule has 0 aliphatic carbocycles. The van der Waals surface area contributed by atoms with Crippen LogP contribution in [0, 0.1) is 0 Å². The maximum absolute atomic E-state index is 12.6. The highest BCUT2D eigenvalue weighted by Gasteiger charge is 2.48. The Morgan fingerprint density at radius 3 is 2.70 bits per heavy atom. The number of benzene rings is 1. The molecule has 1 saturated heterocycles. The summed E-state index contributed by atoms with van der Waals surface area (Å²) in [7, 11) is 0. The molecule has 1 fully saturated rings. The van der Waals surface area contributed by atoms with Crippen LogP contribution in [-0.4, -0.2) is 52.1 Å². The standard InChI is InChI=1S/C19H18N2O7.C2H6/c22-8-14-15(23)16(24)18(28-14)21-5-1-2-10(7-21)17(25)20-12-4-3-11-9-27-19(26)13(11)6-12;1-2/h1-7,14-16,18,22-24H,8-9H2;1-2H3/p+1/t14?,15-,16-,18?;/m1./s1. The monoisotopic (exact) mass is 417 g/mol. The summed E-state index contributed by atoms with van der Waals surface area (Å²) in [4.78, 5) is 24.3. The zero-order chi connectivity index (χ0) is 21.8. The SMILES string of the molecule is CC.O=C(Nc1ccc2c(c1)C(=O)OC2)c1ccc[n+](C2OC(CO)[C@@H](O)[C@H]2O)c1. The van der Waals surface area contributed by atoms with Gasteiger partial charge in [-0.25, -0.2) is 4.79 Å². The van der Waals surface area contributed by atoms with E-state index >= 15 is 0 Å². The number of fused-ring (bicyclic) bond motifs is 1. The molecule has 1 amide bonds. The lowest BCUT2D eigenvalue weighted by molar-refractivity contribution is -0.765. The number of amides is 1. The second-order valence-corrected chi connectivity index (χ2v) is 6.67. The number of ether oxygens (including phenoxy) is 2. The second kappa shape index (κ2) is 9.31. The quantitative estimate of drug-likeness (QED) is 0.422. The van der Waals surface area contributed by atoms with Gasteiger partial charge in [-0.05, 0) is 18.2 Å². The molecule has 4 atom stereocenters. The number of esters is 1. The number of carbonyl (C=O) groups is 2. The molecule has 1 aromatic heterocycles. The first kappa shape index (κ1) is 21.8. The molecule has 4 N–H and O–H groups in total. The predicted molar refractivity (Wildman–Crippen MR) is 105 cm³/mol. The zero-order valence-electron chi connectivity index (χ0n) is 16.7. The molecule has 0 bridgehead atoms. The van der Waals surface area contributed by atoms with Gasteiger partial charge in [0.2, 0.25) is 0 Å². The van der Waals surface area contributed by atoms with E-state index in [1.54, 1.807) is 36.5 Å². The highest BCUT2D eigenvalue weighted by Crippen LogP contribution is 2.26. The normalized spacial score (nSPS) is 24.5. The summed E-state index contributed by atoms with van der Waals surface area (Å²) in [6.45, 7) is 3.79. The van der Waals surface area contributed by atoms with Gasteiger partial charge in [0.1, 0.15) is 24.4 Å².